The maximum absolute atomic E-state index is 14.0. The molecule has 0 unspecified atom stereocenters. The third-order valence-electron chi connectivity index (χ3n) is 3.64. The first kappa shape index (κ1) is 15.4. The highest BCUT2D eigenvalue weighted by Gasteiger charge is 2.27. The van der Waals surface area contributed by atoms with E-state index in [4.69, 9.17) is 0 Å². The van der Waals surface area contributed by atoms with Gasteiger partial charge in [0.15, 0.2) is 0 Å². The highest BCUT2D eigenvalue weighted by atomic mass is 79.9. The van der Waals surface area contributed by atoms with Gasteiger partial charge >= 0.3 is 0 Å². The van der Waals surface area contributed by atoms with E-state index in [0.29, 0.717) is 11.0 Å². The number of rotatable bonds is 4. The fourth-order valence-electron chi connectivity index (χ4n) is 2.63. The topological polar surface area (TPSA) is 32.3 Å². The molecule has 0 radical (unpaired) electrons. The van der Waals surface area contributed by atoms with Gasteiger partial charge in [0.2, 0.25) is 0 Å². The van der Waals surface area contributed by atoms with Crippen LogP contribution in [-0.2, 0) is 0 Å². The Hall–Kier alpha value is -0.940. The number of hydrogen-bond acceptors (Lipinski definition) is 2. The second kappa shape index (κ2) is 7.18. The predicted octanol–water partition coefficient (Wildman–Crippen LogP) is 3.19. The number of amides is 1. The SMILES string of the molecule is CCCN(C(=O)c1ccc(Br)cc1F)C1CCNCC1. The van der Waals surface area contributed by atoms with Crippen LogP contribution in [0.4, 0.5) is 4.39 Å². The van der Waals surface area contributed by atoms with Crippen molar-refractivity contribution in [3.05, 3.63) is 34.1 Å². The highest BCUT2D eigenvalue weighted by molar-refractivity contribution is 9.10. The number of nitrogens with one attached hydrogen (secondary N) is 1. The van der Waals surface area contributed by atoms with Gasteiger partial charge in [0.25, 0.3) is 5.91 Å². The fraction of sp³-hybridized carbons (Fsp3) is 0.533. The van der Waals surface area contributed by atoms with Crippen LogP contribution in [0.3, 0.4) is 0 Å². The Balaban J connectivity index is 2.21. The number of carbonyl (C=O) groups excluding carboxylic acids is 1. The summed E-state index contributed by atoms with van der Waals surface area (Å²) >= 11 is 3.22. The van der Waals surface area contributed by atoms with Crippen LogP contribution < -0.4 is 5.32 Å². The Kier molecular flexibility index (Phi) is 5.54. The van der Waals surface area contributed by atoms with E-state index in [1.54, 1.807) is 12.1 Å². The Bertz CT molecular complexity index is 475. The summed E-state index contributed by atoms with van der Waals surface area (Å²) in [7, 11) is 0. The summed E-state index contributed by atoms with van der Waals surface area (Å²) in [6.45, 7) is 4.56. The number of nitrogens with zero attached hydrogens (tertiary/aromatic N) is 1. The van der Waals surface area contributed by atoms with Gasteiger partial charge in [-0.2, -0.15) is 0 Å². The molecule has 1 heterocycles. The lowest BCUT2D eigenvalue weighted by atomic mass is 10.0. The van der Waals surface area contributed by atoms with Crippen LogP contribution in [0.2, 0.25) is 0 Å². The van der Waals surface area contributed by atoms with Crippen LogP contribution in [0.25, 0.3) is 0 Å². The van der Waals surface area contributed by atoms with E-state index in [1.165, 1.54) is 6.07 Å². The minimum Gasteiger partial charge on any atom is -0.335 e. The van der Waals surface area contributed by atoms with Crippen LogP contribution in [0, 0.1) is 5.82 Å². The zero-order chi connectivity index (χ0) is 14.5. The van der Waals surface area contributed by atoms with Gasteiger partial charge in [0, 0.05) is 17.1 Å². The van der Waals surface area contributed by atoms with Gasteiger partial charge in [-0.15, -0.1) is 0 Å². The van der Waals surface area contributed by atoms with Gasteiger partial charge in [0.1, 0.15) is 5.82 Å². The largest absolute Gasteiger partial charge is 0.335 e. The van der Waals surface area contributed by atoms with E-state index in [0.717, 1.165) is 32.4 Å². The van der Waals surface area contributed by atoms with Crippen molar-refractivity contribution in [1.82, 2.24) is 10.2 Å². The first-order chi connectivity index (χ1) is 9.63. The summed E-state index contributed by atoms with van der Waals surface area (Å²) in [6, 6.07) is 4.83. The zero-order valence-corrected chi connectivity index (χ0v) is 13.2. The summed E-state index contributed by atoms with van der Waals surface area (Å²) in [5.41, 5.74) is 0.167. The average molecular weight is 343 g/mol. The highest BCUT2D eigenvalue weighted by Crippen LogP contribution is 2.20. The lowest BCUT2D eigenvalue weighted by Crippen LogP contribution is -2.46. The van der Waals surface area contributed by atoms with E-state index < -0.39 is 5.82 Å². The van der Waals surface area contributed by atoms with Gasteiger partial charge in [-0.05, 0) is 50.6 Å². The zero-order valence-electron chi connectivity index (χ0n) is 11.7. The van der Waals surface area contributed by atoms with Gasteiger partial charge in [0.05, 0.1) is 5.56 Å². The van der Waals surface area contributed by atoms with Crippen molar-refractivity contribution in [2.24, 2.45) is 0 Å². The maximum atomic E-state index is 14.0. The first-order valence-corrected chi connectivity index (χ1v) is 7.89. The van der Waals surface area contributed by atoms with E-state index in [2.05, 4.69) is 21.2 Å². The van der Waals surface area contributed by atoms with Gasteiger partial charge in [-0.1, -0.05) is 22.9 Å². The van der Waals surface area contributed by atoms with Gasteiger partial charge < -0.3 is 10.2 Å². The van der Waals surface area contributed by atoms with Crippen LogP contribution in [-0.4, -0.2) is 36.5 Å². The van der Waals surface area contributed by atoms with E-state index >= 15 is 0 Å². The molecule has 5 heteroatoms. The molecule has 2 rings (SSSR count). The van der Waals surface area contributed by atoms with Crippen molar-refractivity contribution in [3.63, 3.8) is 0 Å². The number of benzene rings is 1. The van der Waals surface area contributed by atoms with Crippen molar-refractivity contribution >= 4 is 21.8 Å². The molecule has 0 aromatic heterocycles. The summed E-state index contributed by atoms with van der Waals surface area (Å²) in [5.74, 6) is -0.650. The van der Waals surface area contributed by atoms with Gasteiger partial charge in [-0.25, -0.2) is 4.39 Å². The maximum Gasteiger partial charge on any atom is 0.257 e. The van der Waals surface area contributed by atoms with Crippen molar-refractivity contribution < 1.29 is 9.18 Å². The monoisotopic (exact) mass is 342 g/mol. The minimum absolute atomic E-state index is 0.167. The van der Waals surface area contributed by atoms with Crippen molar-refractivity contribution in [2.45, 2.75) is 32.2 Å². The summed E-state index contributed by atoms with van der Waals surface area (Å²) in [5, 5.41) is 3.29. The fourth-order valence-corrected chi connectivity index (χ4v) is 2.96. The van der Waals surface area contributed by atoms with Crippen LogP contribution in [0.1, 0.15) is 36.5 Å². The molecule has 3 nitrogen and oxygen atoms in total. The summed E-state index contributed by atoms with van der Waals surface area (Å²) < 4.78 is 14.6. The summed E-state index contributed by atoms with van der Waals surface area (Å²) in [4.78, 5) is 14.5. The van der Waals surface area contributed by atoms with Crippen molar-refractivity contribution in [2.75, 3.05) is 19.6 Å². The van der Waals surface area contributed by atoms with Crippen LogP contribution in [0.5, 0.6) is 0 Å². The second-order valence-electron chi connectivity index (χ2n) is 5.10. The molecule has 1 N–H and O–H groups in total. The normalized spacial score (nSPS) is 16.1. The molecular weight excluding hydrogens is 323 g/mol. The molecule has 1 saturated heterocycles. The third kappa shape index (κ3) is 3.58. The quantitative estimate of drug-likeness (QED) is 0.911. The molecule has 0 aliphatic carbocycles. The van der Waals surface area contributed by atoms with Gasteiger partial charge in [-0.3, -0.25) is 4.79 Å². The van der Waals surface area contributed by atoms with E-state index in [-0.39, 0.29) is 17.5 Å². The van der Waals surface area contributed by atoms with Crippen LogP contribution >= 0.6 is 15.9 Å². The molecule has 1 aliphatic rings. The van der Waals surface area contributed by atoms with E-state index in [1.807, 2.05) is 11.8 Å². The Morgan fingerprint density at radius 1 is 1.45 bits per heavy atom. The summed E-state index contributed by atoms with van der Waals surface area (Å²) in [6.07, 6.45) is 2.75. The first-order valence-electron chi connectivity index (χ1n) is 7.10. The minimum atomic E-state index is -0.459. The van der Waals surface area contributed by atoms with Crippen molar-refractivity contribution in [3.8, 4) is 0 Å². The molecule has 1 aliphatic heterocycles. The molecule has 0 saturated carbocycles. The Morgan fingerprint density at radius 3 is 2.75 bits per heavy atom. The number of hydrogen-bond donors (Lipinski definition) is 1. The molecule has 1 aromatic rings. The van der Waals surface area contributed by atoms with Crippen molar-refractivity contribution in [1.29, 1.82) is 0 Å². The lowest BCUT2D eigenvalue weighted by Gasteiger charge is -2.34. The number of carbonyl (C=O) groups is 1. The molecule has 110 valence electrons. The third-order valence-corrected chi connectivity index (χ3v) is 4.13. The van der Waals surface area contributed by atoms with Crippen LogP contribution in [0.15, 0.2) is 22.7 Å². The Morgan fingerprint density at radius 2 is 2.15 bits per heavy atom. The molecule has 0 atom stereocenters. The molecule has 1 aromatic carbocycles. The molecule has 1 amide bonds. The smallest absolute Gasteiger partial charge is 0.257 e. The average Bonchev–Trinajstić information content (AvgIpc) is 2.45. The lowest BCUT2D eigenvalue weighted by molar-refractivity contribution is 0.0638. The number of halogens is 2. The molecular formula is C15H20BrFN2O. The van der Waals surface area contributed by atoms with E-state index in [9.17, 15) is 9.18 Å². The second-order valence-corrected chi connectivity index (χ2v) is 6.02. The Labute approximate surface area is 127 Å². The standard InChI is InChI=1S/C15H20BrFN2O/c1-2-9-19(12-5-7-18-8-6-12)15(20)13-4-3-11(16)10-14(13)17/h3-4,10,12,18H,2,5-9H2,1H3. The molecule has 20 heavy (non-hydrogen) atoms. The number of piperidine rings is 1. The molecule has 0 spiro atoms. The molecule has 0 bridgehead atoms. The molecule has 1 fully saturated rings. The predicted molar refractivity (Wildman–Crippen MR) is 81.3 cm³/mol.